The number of aromatic nitrogens is 1. The minimum Gasteiger partial charge on any atom is -0.494 e. The summed E-state index contributed by atoms with van der Waals surface area (Å²) in [5.74, 6) is 0.310. The largest absolute Gasteiger partial charge is 0.494 e. The Morgan fingerprint density at radius 1 is 1.44 bits per heavy atom. The predicted molar refractivity (Wildman–Crippen MR) is 95.9 cm³/mol. The molecule has 0 radical (unpaired) electrons. The Bertz CT molecular complexity index is 790. The van der Waals surface area contributed by atoms with Gasteiger partial charge in [0.05, 0.1) is 12.8 Å². The van der Waals surface area contributed by atoms with E-state index in [0.717, 1.165) is 17.5 Å². The molecule has 0 aliphatic carbocycles. The number of hydrogen-bond acceptors (Lipinski definition) is 4. The molecule has 0 bridgehead atoms. The van der Waals surface area contributed by atoms with Crippen LogP contribution in [0.1, 0.15) is 43.2 Å². The molecule has 2 heterocycles. The van der Waals surface area contributed by atoms with Crippen LogP contribution in [-0.2, 0) is 9.59 Å². The summed E-state index contributed by atoms with van der Waals surface area (Å²) in [7, 11) is 1.54. The van der Waals surface area contributed by atoms with Crippen LogP contribution in [0.15, 0.2) is 36.7 Å². The number of anilines is 2. The summed E-state index contributed by atoms with van der Waals surface area (Å²) in [4.78, 5) is 28.3. The topological polar surface area (TPSA) is 80.3 Å². The molecule has 0 fully saturated rings. The van der Waals surface area contributed by atoms with Crippen molar-refractivity contribution in [3.8, 4) is 5.75 Å². The number of fused-ring (bicyclic) bond motifs is 1. The van der Waals surface area contributed by atoms with E-state index in [9.17, 15) is 9.59 Å². The van der Waals surface area contributed by atoms with Crippen molar-refractivity contribution in [2.45, 2.75) is 32.1 Å². The molecular formula is C19H21N3O3. The van der Waals surface area contributed by atoms with Crippen LogP contribution >= 0.6 is 0 Å². The van der Waals surface area contributed by atoms with Gasteiger partial charge in [-0.05, 0) is 29.7 Å². The van der Waals surface area contributed by atoms with Gasteiger partial charge in [0, 0.05) is 42.9 Å². The molecule has 25 heavy (non-hydrogen) atoms. The summed E-state index contributed by atoms with van der Waals surface area (Å²) < 4.78 is 5.39. The van der Waals surface area contributed by atoms with Gasteiger partial charge in [-0.25, -0.2) is 0 Å². The molecule has 0 saturated heterocycles. The van der Waals surface area contributed by atoms with Crippen molar-refractivity contribution < 1.29 is 14.3 Å². The number of pyridine rings is 1. The Morgan fingerprint density at radius 2 is 2.28 bits per heavy atom. The van der Waals surface area contributed by atoms with E-state index in [4.69, 9.17) is 4.74 Å². The summed E-state index contributed by atoms with van der Waals surface area (Å²) in [5, 5.41) is 5.79. The minimum absolute atomic E-state index is 0.0498. The number of nitrogens with zero attached hydrogens (tertiary/aromatic N) is 1. The molecule has 1 unspecified atom stereocenters. The molecule has 1 aromatic heterocycles. The molecule has 1 aromatic carbocycles. The number of nitrogens with one attached hydrogen (secondary N) is 2. The van der Waals surface area contributed by atoms with Gasteiger partial charge in [0.15, 0.2) is 0 Å². The van der Waals surface area contributed by atoms with Gasteiger partial charge in [0.2, 0.25) is 11.8 Å². The Hall–Kier alpha value is -2.89. The third-order valence-corrected chi connectivity index (χ3v) is 4.25. The van der Waals surface area contributed by atoms with E-state index in [-0.39, 0.29) is 17.7 Å². The number of carbonyl (C=O) groups excluding carboxylic acids is 2. The molecule has 3 rings (SSSR count). The number of rotatable bonds is 5. The van der Waals surface area contributed by atoms with Crippen LogP contribution in [0, 0.1) is 0 Å². The molecule has 1 atom stereocenters. The third-order valence-electron chi connectivity index (χ3n) is 4.25. The number of methoxy groups -OCH3 is 1. The first-order valence-electron chi connectivity index (χ1n) is 8.34. The maximum Gasteiger partial charge on any atom is 0.225 e. The molecule has 1 aliphatic rings. The van der Waals surface area contributed by atoms with Gasteiger partial charge >= 0.3 is 0 Å². The minimum atomic E-state index is -0.106. The third kappa shape index (κ3) is 3.63. The van der Waals surface area contributed by atoms with Crippen molar-refractivity contribution in [3.05, 3.63) is 47.8 Å². The maximum atomic E-state index is 12.1. The molecule has 2 amide bonds. The first-order chi connectivity index (χ1) is 12.1. The van der Waals surface area contributed by atoms with Crippen molar-refractivity contribution in [2.24, 2.45) is 0 Å². The van der Waals surface area contributed by atoms with Crippen LogP contribution in [0.25, 0.3) is 0 Å². The van der Waals surface area contributed by atoms with E-state index in [1.807, 2.05) is 25.1 Å². The molecule has 1 aliphatic heterocycles. The summed E-state index contributed by atoms with van der Waals surface area (Å²) in [6.07, 6.45) is 5.04. The second-order valence-electron chi connectivity index (χ2n) is 6.03. The predicted octanol–water partition coefficient (Wildman–Crippen LogP) is 3.30. The van der Waals surface area contributed by atoms with Gasteiger partial charge in [-0.3, -0.25) is 14.6 Å². The zero-order valence-corrected chi connectivity index (χ0v) is 14.3. The lowest BCUT2D eigenvalue weighted by atomic mass is 9.85. The van der Waals surface area contributed by atoms with Crippen molar-refractivity contribution in [2.75, 3.05) is 17.7 Å². The van der Waals surface area contributed by atoms with E-state index in [1.54, 1.807) is 25.6 Å². The molecule has 6 heteroatoms. The highest BCUT2D eigenvalue weighted by atomic mass is 16.5. The molecule has 6 nitrogen and oxygen atoms in total. The maximum absolute atomic E-state index is 12.1. The number of amides is 2. The highest BCUT2D eigenvalue weighted by Gasteiger charge is 2.28. The number of hydrogen-bond donors (Lipinski definition) is 2. The summed E-state index contributed by atoms with van der Waals surface area (Å²) in [5.41, 5.74) is 3.23. The van der Waals surface area contributed by atoms with Gasteiger partial charge in [-0.2, -0.15) is 0 Å². The average molecular weight is 339 g/mol. The summed E-state index contributed by atoms with van der Waals surface area (Å²) in [6, 6.07) is 7.46. The average Bonchev–Trinajstić information content (AvgIpc) is 2.61. The SMILES string of the molecule is CCCC(=O)Nc1cc2c(cc1OC)NC(=O)CC2c1cccnc1. The van der Waals surface area contributed by atoms with Crippen molar-refractivity contribution >= 4 is 23.2 Å². The van der Waals surface area contributed by atoms with Gasteiger partial charge < -0.3 is 15.4 Å². The molecular weight excluding hydrogens is 318 g/mol. The normalized spacial score (nSPS) is 15.9. The van der Waals surface area contributed by atoms with Crippen LogP contribution in [0.4, 0.5) is 11.4 Å². The fraction of sp³-hybridized carbons (Fsp3) is 0.316. The lowest BCUT2D eigenvalue weighted by molar-refractivity contribution is -0.117. The zero-order chi connectivity index (χ0) is 17.8. The second kappa shape index (κ2) is 7.34. The zero-order valence-electron chi connectivity index (χ0n) is 14.3. The Labute approximate surface area is 146 Å². The lowest BCUT2D eigenvalue weighted by Crippen LogP contribution is -2.24. The van der Waals surface area contributed by atoms with E-state index in [1.165, 1.54) is 0 Å². The Morgan fingerprint density at radius 3 is 2.96 bits per heavy atom. The van der Waals surface area contributed by atoms with Crippen LogP contribution in [0.2, 0.25) is 0 Å². The lowest BCUT2D eigenvalue weighted by Gasteiger charge is -2.27. The summed E-state index contributed by atoms with van der Waals surface area (Å²) in [6.45, 7) is 1.96. The Kier molecular flexibility index (Phi) is 4.97. The second-order valence-corrected chi connectivity index (χ2v) is 6.03. The van der Waals surface area contributed by atoms with Crippen molar-refractivity contribution in [1.82, 2.24) is 4.98 Å². The van der Waals surface area contributed by atoms with Crippen LogP contribution in [-0.4, -0.2) is 23.9 Å². The fourth-order valence-corrected chi connectivity index (χ4v) is 3.08. The van der Waals surface area contributed by atoms with Crippen molar-refractivity contribution in [1.29, 1.82) is 0 Å². The molecule has 2 N–H and O–H groups in total. The monoisotopic (exact) mass is 339 g/mol. The van der Waals surface area contributed by atoms with Gasteiger partial charge in [0.1, 0.15) is 5.75 Å². The fourth-order valence-electron chi connectivity index (χ4n) is 3.08. The van der Waals surface area contributed by atoms with E-state index >= 15 is 0 Å². The highest BCUT2D eigenvalue weighted by molar-refractivity contribution is 5.98. The number of ether oxygens (including phenoxy) is 1. The summed E-state index contributed by atoms with van der Waals surface area (Å²) >= 11 is 0. The van der Waals surface area contributed by atoms with E-state index in [0.29, 0.717) is 30.0 Å². The highest BCUT2D eigenvalue weighted by Crippen LogP contribution is 2.42. The van der Waals surface area contributed by atoms with Gasteiger partial charge in [-0.15, -0.1) is 0 Å². The Balaban J connectivity index is 2.04. The van der Waals surface area contributed by atoms with Gasteiger partial charge in [0.25, 0.3) is 0 Å². The standard InChI is InChI=1S/C19H21N3O3/c1-3-5-18(23)22-16-8-14-13(12-6-4-7-20-11-12)9-19(24)21-15(14)10-17(16)25-2/h4,6-8,10-11,13H,3,5,9H2,1-2H3,(H,21,24)(H,22,23). The molecule has 130 valence electrons. The van der Waals surface area contributed by atoms with Gasteiger partial charge in [-0.1, -0.05) is 13.0 Å². The molecule has 2 aromatic rings. The van der Waals surface area contributed by atoms with E-state index in [2.05, 4.69) is 15.6 Å². The molecule has 0 spiro atoms. The number of carbonyl (C=O) groups is 2. The van der Waals surface area contributed by atoms with Crippen LogP contribution in [0.5, 0.6) is 5.75 Å². The van der Waals surface area contributed by atoms with E-state index < -0.39 is 0 Å². The van der Waals surface area contributed by atoms with Crippen LogP contribution < -0.4 is 15.4 Å². The first-order valence-corrected chi connectivity index (χ1v) is 8.34. The molecule has 0 saturated carbocycles. The quantitative estimate of drug-likeness (QED) is 0.876. The smallest absolute Gasteiger partial charge is 0.225 e. The van der Waals surface area contributed by atoms with Crippen molar-refractivity contribution in [3.63, 3.8) is 0 Å². The first kappa shape index (κ1) is 17.0. The van der Waals surface area contributed by atoms with Crippen LogP contribution in [0.3, 0.4) is 0 Å². The number of benzene rings is 1.